The molecule has 1 saturated heterocycles. The molecule has 2 heterocycles. The largest absolute Gasteiger partial charge is 0.494 e. The van der Waals surface area contributed by atoms with E-state index in [1.807, 2.05) is 18.4 Å². The number of benzene rings is 1. The second-order valence-electron chi connectivity index (χ2n) is 7.33. The average molecular weight is 452 g/mol. The molecule has 0 saturated carbocycles. The normalized spacial score (nSPS) is 17.2. The number of hydrogen-bond donors (Lipinski definition) is 1. The van der Waals surface area contributed by atoms with Gasteiger partial charge in [-0.15, -0.1) is 11.3 Å². The molecule has 7 nitrogen and oxygen atoms in total. The topological polar surface area (TPSA) is 113 Å². The molecule has 2 N–H and O–H groups in total. The van der Waals surface area contributed by atoms with Gasteiger partial charge in [0.05, 0.1) is 16.4 Å². The Balaban J connectivity index is 1.63. The first-order valence-corrected chi connectivity index (χ1v) is 12.1. The highest BCUT2D eigenvalue weighted by molar-refractivity contribution is 7.93. The number of primary amides is 1. The van der Waals surface area contributed by atoms with Crippen LogP contribution in [0.15, 0.2) is 46.7 Å². The first kappa shape index (κ1) is 22.5. The number of sulfone groups is 1. The lowest BCUT2D eigenvalue weighted by Gasteiger charge is -2.33. The maximum absolute atomic E-state index is 13.1. The van der Waals surface area contributed by atoms with Crippen LogP contribution in [-0.4, -0.2) is 44.7 Å². The molecule has 162 valence electrons. The summed E-state index contributed by atoms with van der Waals surface area (Å²) >= 11 is 1.42. The van der Waals surface area contributed by atoms with Crippen LogP contribution in [0.4, 0.5) is 0 Å². The molecule has 1 aromatic carbocycles. The van der Waals surface area contributed by atoms with Crippen LogP contribution in [0.2, 0.25) is 0 Å². The van der Waals surface area contributed by atoms with E-state index in [9.17, 15) is 18.0 Å². The van der Waals surface area contributed by atoms with Crippen molar-refractivity contribution in [3.05, 3.63) is 46.7 Å². The van der Waals surface area contributed by atoms with Crippen LogP contribution in [0.25, 0.3) is 0 Å². The molecule has 0 bridgehead atoms. The fraction of sp³-hybridized carbons (Fsp3) is 0.429. The van der Waals surface area contributed by atoms with Crippen LogP contribution in [0.5, 0.6) is 5.75 Å². The molecule has 1 unspecified atom stereocenters. The van der Waals surface area contributed by atoms with E-state index >= 15 is 0 Å². The molecule has 1 amide bonds. The second-order valence-corrected chi connectivity index (χ2v) is 10.5. The molecule has 0 aliphatic carbocycles. The molecule has 0 spiro atoms. The highest BCUT2D eigenvalue weighted by atomic mass is 32.2. The van der Waals surface area contributed by atoms with Crippen molar-refractivity contribution < 1.29 is 27.5 Å². The van der Waals surface area contributed by atoms with E-state index in [0.717, 1.165) is 4.88 Å². The van der Waals surface area contributed by atoms with E-state index in [0.29, 0.717) is 18.8 Å². The van der Waals surface area contributed by atoms with Crippen molar-refractivity contribution in [2.75, 3.05) is 19.8 Å². The summed E-state index contributed by atoms with van der Waals surface area (Å²) in [6.45, 7) is 2.53. The number of Topliss-reactive ketones (excluding diaryl/α,β-unsaturated/α-hetero) is 1. The average Bonchev–Trinajstić information content (AvgIpc) is 3.28. The predicted molar refractivity (Wildman–Crippen MR) is 114 cm³/mol. The summed E-state index contributed by atoms with van der Waals surface area (Å²) in [7, 11) is -3.96. The van der Waals surface area contributed by atoms with Gasteiger partial charge in [-0.25, -0.2) is 8.42 Å². The smallest absolute Gasteiger partial charge is 0.239 e. The Labute approximate surface area is 180 Å². The second kappa shape index (κ2) is 9.28. The first-order valence-electron chi connectivity index (χ1n) is 9.71. The zero-order valence-electron chi connectivity index (χ0n) is 16.7. The van der Waals surface area contributed by atoms with Gasteiger partial charge < -0.3 is 15.2 Å². The van der Waals surface area contributed by atoms with E-state index in [2.05, 4.69) is 0 Å². The molecular weight excluding hydrogens is 426 g/mol. The molecule has 3 rings (SSSR count). The maximum atomic E-state index is 13.1. The third-order valence-electron chi connectivity index (χ3n) is 5.43. The van der Waals surface area contributed by atoms with Crippen LogP contribution in [0, 0.1) is 5.92 Å². The highest BCUT2D eigenvalue weighted by Gasteiger charge is 2.51. The zero-order valence-corrected chi connectivity index (χ0v) is 18.3. The Hall–Kier alpha value is -2.23. The number of rotatable bonds is 9. The fourth-order valence-electron chi connectivity index (χ4n) is 3.44. The van der Waals surface area contributed by atoms with Crippen molar-refractivity contribution in [2.45, 2.75) is 35.8 Å². The molecule has 1 aromatic heterocycles. The van der Waals surface area contributed by atoms with E-state index in [1.54, 1.807) is 18.2 Å². The highest BCUT2D eigenvalue weighted by Crippen LogP contribution is 2.35. The minimum Gasteiger partial charge on any atom is -0.494 e. The number of amides is 1. The van der Waals surface area contributed by atoms with Gasteiger partial charge in [0.1, 0.15) is 5.75 Å². The number of ketones is 1. The van der Waals surface area contributed by atoms with Crippen LogP contribution in [0.3, 0.4) is 0 Å². The van der Waals surface area contributed by atoms with Gasteiger partial charge in [-0.05, 0) is 55.0 Å². The number of nitrogens with two attached hydrogens (primary N) is 1. The molecule has 1 atom stereocenters. The zero-order chi connectivity index (χ0) is 21.8. The lowest BCUT2D eigenvalue weighted by Crippen LogP contribution is -2.53. The Morgan fingerprint density at radius 2 is 1.87 bits per heavy atom. The van der Waals surface area contributed by atoms with Crippen molar-refractivity contribution in [1.82, 2.24) is 0 Å². The number of carbonyl (C=O) groups is 2. The minimum absolute atomic E-state index is 0.0248. The lowest BCUT2D eigenvalue weighted by molar-refractivity contribution is -0.122. The van der Waals surface area contributed by atoms with Crippen LogP contribution < -0.4 is 10.5 Å². The molecular formula is C21H25NO6S2. The third kappa shape index (κ3) is 4.43. The van der Waals surface area contributed by atoms with Crippen molar-refractivity contribution in [3.8, 4) is 5.75 Å². The minimum atomic E-state index is -3.96. The molecule has 2 aromatic rings. The maximum Gasteiger partial charge on any atom is 0.239 e. The van der Waals surface area contributed by atoms with Crippen LogP contribution in [-0.2, 0) is 19.4 Å². The SMILES string of the molecule is CC(CCOc1ccc(S(=O)(=O)C2(C(N)=O)CCOCC2)cc1)C(=O)c1cccs1. The quantitative estimate of drug-likeness (QED) is 0.587. The summed E-state index contributed by atoms with van der Waals surface area (Å²) in [5, 5.41) is 1.87. The van der Waals surface area contributed by atoms with Gasteiger partial charge >= 0.3 is 0 Å². The Bertz CT molecular complexity index is 977. The van der Waals surface area contributed by atoms with Crippen molar-refractivity contribution in [2.24, 2.45) is 11.7 Å². The first-order chi connectivity index (χ1) is 14.3. The molecule has 30 heavy (non-hydrogen) atoms. The van der Waals surface area contributed by atoms with E-state index in [-0.39, 0.29) is 42.7 Å². The number of thiophene rings is 1. The number of hydrogen-bond acceptors (Lipinski definition) is 7. The molecule has 9 heteroatoms. The monoisotopic (exact) mass is 451 g/mol. The van der Waals surface area contributed by atoms with Gasteiger partial charge in [-0.1, -0.05) is 13.0 Å². The van der Waals surface area contributed by atoms with Gasteiger partial charge in [0, 0.05) is 19.1 Å². The summed E-state index contributed by atoms with van der Waals surface area (Å²) in [5.74, 6) is -0.448. The van der Waals surface area contributed by atoms with Gasteiger partial charge in [-0.2, -0.15) is 0 Å². The van der Waals surface area contributed by atoms with Crippen molar-refractivity contribution in [3.63, 3.8) is 0 Å². The van der Waals surface area contributed by atoms with Crippen LogP contribution >= 0.6 is 11.3 Å². The summed E-state index contributed by atoms with van der Waals surface area (Å²) < 4.78 is 35.5. The van der Waals surface area contributed by atoms with E-state index < -0.39 is 20.5 Å². The molecule has 0 radical (unpaired) electrons. The third-order valence-corrected chi connectivity index (χ3v) is 8.84. The van der Waals surface area contributed by atoms with Gasteiger partial charge in [-0.3, -0.25) is 9.59 Å². The number of ether oxygens (including phenoxy) is 2. The summed E-state index contributed by atoms with van der Waals surface area (Å²) in [5.41, 5.74) is 5.48. The van der Waals surface area contributed by atoms with Crippen molar-refractivity contribution >= 4 is 32.9 Å². The lowest BCUT2D eigenvalue weighted by atomic mass is 9.98. The fourth-order valence-corrected chi connectivity index (χ4v) is 6.13. The standard InChI is InChI=1S/C21H25NO6S2/c1-15(19(23)18-3-2-14-29-18)8-11-28-16-4-6-17(7-5-16)30(25,26)21(20(22)24)9-12-27-13-10-21/h2-7,14-15H,8-13H2,1H3,(H2,22,24). The van der Waals surface area contributed by atoms with E-state index in [4.69, 9.17) is 15.2 Å². The molecule has 1 fully saturated rings. The Morgan fingerprint density at radius 3 is 2.43 bits per heavy atom. The molecule has 1 aliphatic heterocycles. The Kier molecular flexibility index (Phi) is 6.95. The summed E-state index contributed by atoms with van der Waals surface area (Å²) in [6.07, 6.45) is 0.625. The van der Waals surface area contributed by atoms with Gasteiger partial charge in [0.15, 0.2) is 20.4 Å². The van der Waals surface area contributed by atoms with Crippen molar-refractivity contribution in [1.29, 1.82) is 0 Å². The van der Waals surface area contributed by atoms with Gasteiger partial charge in [0.2, 0.25) is 5.91 Å². The summed E-state index contributed by atoms with van der Waals surface area (Å²) in [6, 6.07) is 9.59. The van der Waals surface area contributed by atoms with E-state index in [1.165, 1.54) is 23.5 Å². The van der Waals surface area contributed by atoms with Crippen LogP contribution in [0.1, 0.15) is 35.9 Å². The Morgan fingerprint density at radius 1 is 1.20 bits per heavy atom. The number of carbonyl (C=O) groups excluding carboxylic acids is 2. The molecule has 1 aliphatic rings. The predicted octanol–water partition coefficient (Wildman–Crippen LogP) is 2.84. The summed E-state index contributed by atoms with van der Waals surface area (Å²) in [4.78, 5) is 25.1. The van der Waals surface area contributed by atoms with Gasteiger partial charge in [0.25, 0.3) is 0 Å².